The molecule has 0 heterocycles. The van der Waals surface area contributed by atoms with E-state index in [-0.39, 0.29) is 12.1 Å². The molecule has 3 heteroatoms. The van der Waals surface area contributed by atoms with Crippen LogP contribution < -0.4 is 10.1 Å². The predicted octanol–water partition coefficient (Wildman–Crippen LogP) is 4.54. The van der Waals surface area contributed by atoms with Crippen molar-refractivity contribution in [1.82, 2.24) is 0 Å². The summed E-state index contributed by atoms with van der Waals surface area (Å²) in [6, 6.07) is 20.1. The van der Waals surface area contributed by atoms with Crippen molar-refractivity contribution in [1.29, 1.82) is 5.26 Å². The van der Waals surface area contributed by atoms with Gasteiger partial charge in [-0.3, -0.25) is 0 Å². The summed E-state index contributed by atoms with van der Waals surface area (Å²) < 4.78 is 5.63. The standard InChI is InChI=1S/C18H20N2O/c1-14(2)21-17-10-8-16(9-11-17)20-18(12-13-19)15-6-4-3-5-7-15/h3-11,14,18,20H,12H2,1-2H3. The highest BCUT2D eigenvalue weighted by atomic mass is 16.5. The van der Waals surface area contributed by atoms with Gasteiger partial charge in [-0.1, -0.05) is 30.3 Å². The molecule has 0 radical (unpaired) electrons. The van der Waals surface area contributed by atoms with Gasteiger partial charge in [0.15, 0.2) is 0 Å². The summed E-state index contributed by atoms with van der Waals surface area (Å²) in [6.07, 6.45) is 0.591. The molecular weight excluding hydrogens is 260 g/mol. The van der Waals surface area contributed by atoms with Crippen LogP contribution in [0.2, 0.25) is 0 Å². The van der Waals surface area contributed by atoms with E-state index in [2.05, 4.69) is 11.4 Å². The quantitative estimate of drug-likeness (QED) is 0.844. The summed E-state index contributed by atoms with van der Waals surface area (Å²) in [5, 5.41) is 12.4. The fraction of sp³-hybridized carbons (Fsp3) is 0.278. The summed E-state index contributed by atoms with van der Waals surface area (Å²) in [6.45, 7) is 4.01. The van der Waals surface area contributed by atoms with Crippen LogP contribution >= 0.6 is 0 Å². The monoisotopic (exact) mass is 280 g/mol. The van der Waals surface area contributed by atoms with Crippen LogP contribution in [0.25, 0.3) is 0 Å². The first-order valence-corrected chi connectivity index (χ1v) is 7.14. The molecule has 1 N–H and O–H groups in total. The Balaban J connectivity index is 2.09. The molecule has 0 amide bonds. The van der Waals surface area contributed by atoms with Crippen LogP contribution in [0.15, 0.2) is 54.6 Å². The maximum absolute atomic E-state index is 9.01. The number of nitrogens with zero attached hydrogens (tertiary/aromatic N) is 1. The van der Waals surface area contributed by atoms with Gasteiger partial charge in [-0.05, 0) is 43.7 Å². The molecule has 1 atom stereocenters. The van der Waals surface area contributed by atoms with Gasteiger partial charge in [-0.2, -0.15) is 5.26 Å². The molecular formula is C18H20N2O. The SMILES string of the molecule is CC(C)Oc1ccc(NC(CC#N)c2ccccc2)cc1. The second kappa shape index (κ2) is 7.35. The zero-order valence-electron chi connectivity index (χ0n) is 12.4. The second-order valence-electron chi connectivity index (χ2n) is 5.16. The van der Waals surface area contributed by atoms with E-state index in [1.807, 2.05) is 68.4 Å². The minimum Gasteiger partial charge on any atom is -0.491 e. The van der Waals surface area contributed by atoms with Gasteiger partial charge in [0.1, 0.15) is 5.75 Å². The van der Waals surface area contributed by atoms with Gasteiger partial charge in [0.2, 0.25) is 0 Å². The molecule has 0 spiro atoms. The number of ether oxygens (including phenoxy) is 1. The summed E-state index contributed by atoms with van der Waals surface area (Å²) in [5.74, 6) is 0.854. The van der Waals surface area contributed by atoms with Crippen LogP contribution in [-0.2, 0) is 0 Å². The highest BCUT2D eigenvalue weighted by molar-refractivity contribution is 5.48. The third-order valence-electron chi connectivity index (χ3n) is 3.06. The molecule has 2 aromatic rings. The Morgan fingerprint density at radius 3 is 2.29 bits per heavy atom. The van der Waals surface area contributed by atoms with E-state index in [1.165, 1.54) is 0 Å². The molecule has 108 valence electrons. The highest BCUT2D eigenvalue weighted by Gasteiger charge is 2.10. The lowest BCUT2D eigenvalue weighted by Crippen LogP contribution is -2.10. The molecule has 0 aliphatic rings. The summed E-state index contributed by atoms with van der Waals surface area (Å²) in [7, 11) is 0. The maximum atomic E-state index is 9.01. The van der Waals surface area contributed by atoms with Crippen LogP contribution in [0.5, 0.6) is 5.75 Å². The zero-order chi connectivity index (χ0) is 15.1. The minimum atomic E-state index is -0.00642. The largest absolute Gasteiger partial charge is 0.491 e. The Hall–Kier alpha value is -2.47. The smallest absolute Gasteiger partial charge is 0.119 e. The second-order valence-corrected chi connectivity index (χ2v) is 5.16. The summed E-state index contributed by atoms with van der Waals surface area (Å²) >= 11 is 0. The third-order valence-corrected chi connectivity index (χ3v) is 3.06. The third kappa shape index (κ3) is 4.54. The Labute approximate surface area is 126 Å². The number of nitrogens with one attached hydrogen (secondary N) is 1. The molecule has 2 aromatic carbocycles. The molecule has 0 saturated carbocycles. The zero-order valence-corrected chi connectivity index (χ0v) is 12.4. The number of hydrogen-bond donors (Lipinski definition) is 1. The number of rotatable bonds is 6. The lowest BCUT2D eigenvalue weighted by Gasteiger charge is -2.18. The van der Waals surface area contributed by atoms with E-state index in [1.54, 1.807) is 0 Å². The van der Waals surface area contributed by atoms with Crippen molar-refractivity contribution in [3.05, 3.63) is 60.2 Å². The number of anilines is 1. The molecule has 0 fully saturated rings. The molecule has 2 rings (SSSR count). The summed E-state index contributed by atoms with van der Waals surface area (Å²) in [5.41, 5.74) is 2.09. The van der Waals surface area contributed by atoms with E-state index in [0.717, 1.165) is 17.0 Å². The van der Waals surface area contributed by atoms with E-state index in [4.69, 9.17) is 10.00 Å². The van der Waals surface area contributed by atoms with Gasteiger partial charge in [0.05, 0.1) is 24.6 Å². The van der Waals surface area contributed by atoms with Crippen molar-refractivity contribution in [2.45, 2.75) is 32.4 Å². The van der Waals surface area contributed by atoms with E-state index in [9.17, 15) is 0 Å². The number of nitriles is 1. The van der Waals surface area contributed by atoms with Crippen LogP contribution in [0.4, 0.5) is 5.69 Å². The van der Waals surface area contributed by atoms with E-state index in [0.29, 0.717) is 6.42 Å². The lowest BCUT2D eigenvalue weighted by molar-refractivity contribution is 0.242. The lowest BCUT2D eigenvalue weighted by atomic mass is 10.0. The van der Waals surface area contributed by atoms with Crippen molar-refractivity contribution in [3.8, 4) is 11.8 Å². The molecule has 0 saturated heterocycles. The van der Waals surface area contributed by atoms with Crippen molar-refractivity contribution in [2.24, 2.45) is 0 Å². The number of benzene rings is 2. The fourth-order valence-corrected chi connectivity index (χ4v) is 2.13. The first-order valence-electron chi connectivity index (χ1n) is 7.14. The minimum absolute atomic E-state index is 0.00642. The van der Waals surface area contributed by atoms with Crippen LogP contribution in [0.3, 0.4) is 0 Å². The van der Waals surface area contributed by atoms with Crippen molar-refractivity contribution >= 4 is 5.69 Å². The van der Waals surface area contributed by atoms with E-state index < -0.39 is 0 Å². The molecule has 0 aliphatic carbocycles. The highest BCUT2D eigenvalue weighted by Crippen LogP contribution is 2.24. The fourth-order valence-electron chi connectivity index (χ4n) is 2.13. The molecule has 0 bridgehead atoms. The van der Waals surface area contributed by atoms with Crippen molar-refractivity contribution < 1.29 is 4.74 Å². The van der Waals surface area contributed by atoms with Crippen molar-refractivity contribution in [2.75, 3.05) is 5.32 Å². The van der Waals surface area contributed by atoms with Crippen LogP contribution in [-0.4, -0.2) is 6.10 Å². The Morgan fingerprint density at radius 1 is 1.05 bits per heavy atom. The molecule has 0 aromatic heterocycles. The average molecular weight is 280 g/mol. The molecule has 3 nitrogen and oxygen atoms in total. The van der Waals surface area contributed by atoms with Crippen molar-refractivity contribution in [3.63, 3.8) is 0 Å². The van der Waals surface area contributed by atoms with Gasteiger partial charge in [0.25, 0.3) is 0 Å². The Kier molecular flexibility index (Phi) is 5.22. The average Bonchev–Trinajstić information content (AvgIpc) is 2.49. The van der Waals surface area contributed by atoms with E-state index >= 15 is 0 Å². The van der Waals surface area contributed by atoms with Crippen LogP contribution in [0.1, 0.15) is 31.9 Å². The number of hydrogen-bond acceptors (Lipinski definition) is 3. The van der Waals surface area contributed by atoms with Gasteiger partial charge in [0, 0.05) is 5.69 Å². The van der Waals surface area contributed by atoms with Gasteiger partial charge < -0.3 is 10.1 Å². The molecule has 1 unspecified atom stereocenters. The molecule has 21 heavy (non-hydrogen) atoms. The normalized spacial score (nSPS) is 11.7. The Morgan fingerprint density at radius 2 is 1.71 bits per heavy atom. The Bertz CT molecular complexity index is 585. The first kappa shape index (κ1) is 14.9. The predicted molar refractivity (Wildman–Crippen MR) is 85.2 cm³/mol. The molecule has 0 aliphatic heterocycles. The van der Waals surface area contributed by atoms with Crippen LogP contribution in [0, 0.1) is 11.3 Å². The first-order chi connectivity index (χ1) is 10.2. The maximum Gasteiger partial charge on any atom is 0.119 e. The van der Waals surface area contributed by atoms with Gasteiger partial charge in [-0.25, -0.2) is 0 Å². The summed E-state index contributed by atoms with van der Waals surface area (Å²) in [4.78, 5) is 0. The van der Waals surface area contributed by atoms with Gasteiger partial charge >= 0.3 is 0 Å². The van der Waals surface area contributed by atoms with Gasteiger partial charge in [-0.15, -0.1) is 0 Å². The topological polar surface area (TPSA) is 45.0 Å².